The van der Waals surface area contributed by atoms with Crippen molar-refractivity contribution < 1.29 is 9.47 Å². The number of rotatable bonds is 3. The molecule has 2 aromatic carbocycles. The SMILES string of the molecule is Cc1ccccc1NC(=S)NCc1cc(Cl)c2c(c1)OCCCO2. The first-order valence-electron chi connectivity index (χ1n) is 7.82. The zero-order valence-electron chi connectivity index (χ0n) is 13.4. The molecule has 6 heteroatoms. The minimum atomic E-state index is 0.550. The third-order valence-electron chi connectivity index (χ3n) is 3.71. The zero-order valence-corrected chi connectivity index (χ0v) is 15.0. The van der Waals surface area contributed by atoms with Crippen LogP contribution < -0.4 is 20.1 Å². The summed E-state index contributed by atoms with van der Waals surface area (Å²) < 4.78 is 11.3. The standard InChI is InChI=1S/C18H19ClN2O2S/c1-12-5-2-3-6-15(12)21-18(24)20-11-13-9-14(19)17-16(10-13)22-7-4-8-23-17/h2-3,5-6,9-10H,4,7-8,11H2,1H3,(H2,20,21,24). The van der Waals surface area contributed by atoms with E-state index in [-0.39, 0.29) is 0 Å². The van der Waals surface area contributed by atoms with Gasteiger partial charge in [0, 0.05) is 18.7 Å². The summed E-state index contributed by atoms with van der Waals surface area (Å²) in [7, 11) is 0. The number of anilines is 1. The molecule has 0 aliphatic carbocycles. The quantitative estimate of drug-likeness (QED) is 0.797. The maximum atomic E-state index is 6.30. The molecular weight excluding hydrogens is 344 g/mol. The molecule has 0 saturated carbocycles. The fourth-order valence-corrected chi connectivity index (χ4v) is 2.92. The minimum Gasteiger partial charge on any atom is -0.489 e. The van der Waals surface area contributed by atoms with Gasteiger partial charge in [-0.3, -0.25) is 0 Å². The Morgan fingerprint density at radius 1 is 1.21 bits per heavy atom. The lowest BCUT2D eigenvalue weighted by Crippen LogP contribution is -2.28. The van der Waals surface area contributed by atoms with E-state index in [1.807, 2.05) is 43.3 Å². The lowest BCUT2D eigenvalue weighted by atomic mass is 10.2. The highest BCUT2D eigenvalue weighted by molar-refractivity contribution is 7.80. The summed E-state index contributed by atoms with van der Waals surface area (Å²) in [5, 5.41) is 7.51. The molecule has 0 amide bonds. The molecule has 24 heavy (non-hydrogen) atoms. The fraction of sp³-hybridized carbons (Fsp3) is 0.278. The fourth-order valence-electron chi connectivity index (χ4n) is 2.45. The lowest BCUT2D eigenvalue weighted by Gasteiger charge is -2.14. The Hall–Kier alpha value is -1.98. The zero-order chi connectivity index (χ0) is 16.9. The van der Waals surface area contributed by atoms with Crippen molar-refractivity contribution in [1.82, 2.24) is 5.32 Å². The van der Waals surface area contributed by atoms with Crippen molar-refractivity contribution in [3.63, 3.8) is 0 Å². The second-order valence-electron chi connectivity index (χ2n) is 5.58. The largest absolute Gasteiger partial charge is 0.489 e. The average molecular weight is 363 g/mol. The number of hydrogen-bond donors (Lipinski definition) is 2. The van der Waals surface area contributed by atoms with Crippen molar-refractivity contribution in [2.75, 3.05) is 18.5 Å². The predicted octanol–water partition coefficient (Wildman–Crippen LogP) is 4.30. The normalized spacial score (nSPS) is 13.1. The molecule has 1 heterocycles. The van der Waals surface area contributed by atoms with Crippen molar-refractivity contribution in [3.05, 3.63) is 52.5 Å². The monoisotopic (exact) mass is 362 g/mol. The van der Waals surface area contributed by atoms with Crippen LogP contribution in [0.3, 0.4) is 0 Å². The van der Waals surface area contributed by atoms with E-state index in [1.165, 1.54) is 0 Å². The third kappa shape index (κ3) is 4.10. The number of fused-ring (bicyclic) bond motifs is 1. The van der Waals surface area contributed by atoms with Crippen LogP contribution in [-0.2, 0) is 6.54 Å². The number of thiocarbonyl (C=S) groups is 1. The summed E-state index contributed by atoms with van der Waals surface area (Å²) in [6.45, 7) is 3.84. The molecule has 4 nitrogen and oxygen atoms in total. The van der Waals surface area contributed by atoms with Gasteiger partial charge < -0.3 is 20.1 Å². The van der Waals surface area contributed by atoms with Crippen molar-refractivity contribution >= 4 is 34.6 Å². The maximum Gasteiger partial charge on any atom is 0.179 e. The van der Waals surface area contributed by atoms with Gasteiger partial charge in [0.25, 0.3) is 0 Å². The molecule has 0 radical (unpaired) electrons. The highest BCUT2D eigenvalue weighted by atomic mass is 35.5. The van der Waals surface area contributed by atoms with Gasteiger partial charge in [0.2, 0.25) is 0 Å². The summed E-state index contributed by atoms with van der Waals surface area (Å²) >= 11 is 11.7. The second-order valence-corrected chi connectivity index (χ2v) is 6.39. The van der Waals surface area contributed by atoms with E-state index in [9.17, 15) is 0 Å². The van der Waals surface area contributed by atoms with E-state index in [2.05, 4.69) is 10.6 Å². The highest BCUT2D eigenvalue weighted by Crippen LogP contribution is 2.37. The minimum absolute atomic E-state index is 0.550. The van der Waals surface area contributed by atoms with E-state index in [0.717, 1.165) is 23.2 Å². The van der Waals surface area contributed by atoms with Crippen molar-refractivity contribution in [2.45, 2.75) is 19.9 Å². The van der Waals surface area contributed by atoms with Gasteiger partial charge >= 0.3 is 0 Å². The van der Waals surface area contributed by atoms with Gasteiger partial charge in [0.1, 0.15) is 0 Å². The molecule has 0 unspecified atom stereocenters. The van der Waals surface area contributed by atoms with Crippen LogP contribution in [0.4, 0.5) is 5.69 Å². The number of aryl methyl sites for hydroxylation is 1. The van der Waals surface area contributed by atoms with Gasteiger partial charge in [-0.25, -0.2) is 0 Å². The van der Waals surface area contributed by atoms with Crippen LogP contribution in [0.25, 0.3) is 0 Å². The van der Waals surface area contributed by atoms with Crippen LogP contribution in [0.2, 0.25) is 5.02 Å². The molecule has 0 bridgehead atoms. The second kappa shape index (κ2) is 7.73. The first kappa shape index (κ1) is 16.9. The topological polar surface area (TPSA) is 42.5 Å². The molecule has 1 aliphatic rings. The third-order valence-corrected chi connectivity index (χ3v) is 4.24. The van der Waals surface area contributed by atoms with E-state index in [0.29, 0.717) is 41.4 Å². The summed E-state index contributed by atoms with van der Waals surface area (Å²) in [5.41, 5.74) is 3.12. The smallest absolute Gasteiger partial charge is 0.179 e. The molecular formula is C18H19ClN2O2S. The van der Waals surface area contributed by atoms with Crippen molar-refractivity contribution in [2.24, 2.45) is 0 Å². The molecule has 2 N–H and O–H groups in total. The number of benzene rings is 2. The summed E-state index contributed by atoms with van der Waals surface area (Å²) in [5.74, 6) is 1.31. The Morgan fingerprint density at radius 2 is 2.00 bits per heavy atom. The van der Waals surface area contributed by atoms with Crippen LogP contribution in [0, 0.1) is 6.92 Å². The van der Waals surface area contributed by atoms with Crippen LogP contribution >= 0.6 is 23.8 Å². The van der Waals surface area contributed by atoms with Crippen molar-refractivity contribution in [3.8, 4) is 11.5 Å². The number of hydrogen-bond acceptors (Lipinski definition) is 3. The van der Waals surface area contributed by atoms with Crippen LogP contribution in [0.15, 0.2) is 36.4 Å². The van der Waals surface area contributed by atoms with Gasteiger partial charge in [-0.2, -0.15) is 0 Å². The Morgan fingerprint density at radius 3 is 2.83 bits per heavy atom. The van der Waals surface area contributed by atoms with E-state index in [4.69, 9.17) is 33.3 Å². The molecule has 1 aliphatic heterocycles. The Balaban J connectivity index is 1.64. The van der Waals surface area contributed by atoms with Gasteiger partial charge in [-0.05, 0) is 48.5 Å². The van der Waals surface area contributed by atoms with Gasteiger partial charge in [0.15, 0.2) is 16.6 Å². The van der Waals surface area contributed by atoms with Crippen LogP contribution in [-0.4, -0.2) is 18.3 Å². The molecule has 3 rings (SSSR count). The Kier molecular flexibility index (Phi) is 5.43. The molecule has 0 aromatic heterocycles. The lowest BCUT2D eigenvalue weighted by molar-refractivity contribution is 0.297. The average Bonchev–Trinajstić information content (AvgIpc) is 2.81. The summed E-state index contributed by atoms with van der Waals surface area (Å²) in [6, 6.07) is 11.8. The van der Waals surface area contributed by atoms with Crippen LogP contribution in [0.5, 0.6) is 11.5 Å². The number of halogens is 1. The first-order valence-corrected chi connectivity index (χ1v) is 8.60. The van der Waals surface area contributed by atoms with E-state index in [1.54, 1.807) is 0 Å². The Bertz CT molecular complexity index is 752. The first-order chi connectivity index (χ1) is 11.6. The molecule has 126 valence electrons. The molecule has 0 atom stereocenters. The molecule has 0 saturated heterocycles. The van der Waals surface area contributed by atoms with Gasteiger partial charge in [0.05, 0.1) is 18.2 Å². The van der Waals surface area contributed by atoms with Gasteiger partial charge in [-0.15, -0.1) is 0 Å². The number of para-hydroxylation sites is 1. The molecule has 0 fully saturated rings. The maximum absolute atomic E-state index is 6.30. The van der Waals surface area contributed by atoms with E-state index < -0.39 is 0 Å². The number of nitrogens with one attached hydrogen (secondary N) is 2. The van der Waals surface area contributed by atoms with E-state index >= 15 is 0 Å². The highest BCUT2D eigenvalue weighted by Gasteiger charge is 2.15. The molecule has 2 aromatic rings. The Labute approximate surface area is 152 Å². The summed E-state index contributed by atoms with van der Waals surface area (Å²) in [4.78, 5) is 0. The van der Waals surface area contributed by atoms with Crippen LogP contribution in [0.1, 0.15) is 17.5 Å². The molecule has 0 spiro atoms. The van der Waals surface area contributed by atoms with Crippen molar-refractivity contribution in [1.29, 1.82) is 0 Å². The summed E-state index contributed by atoms with van der Waals surface area (Å²) in [6.07, 6.45) is 0.850. The number of ether oxygens (including phenoxy) is 2. The predicted molar refractivity (Wildman–Crippen MR) is 101 cm³/mol. The van der Waals surface area contributed by atoms with Gasteiger partial charge in [-0.1, -0.05) is 29.8 Å².